The molecule has 1 aliphatic rings. The third kappa shape index (κ3) is 2.18. The molecule has 106 valence electrons. The first-order valence-corrected chi connectivity index (χ1v) is 6.80. The highest BCUT2D eigenvalue weighted by Gasteiger charge is 2.29. The van der Waals surface area contributed by atoms with Gasteiger partial charge in [0.15, 0.2) is 5.69 Å². The zero-order valence-corrected chi connectivity index (χ0v) is 11.4. The fourth-order valence-corrected chi connectivity index (χ4v) is 2.28. The molecule has 1 aliphatic carbocycles. The van der Waals surface area contributed by atoms with Crippen LogP contribution in [0.5, 0.6) is 5.75 Å². The van der Waals surface area contributed by atoms with Crippen molar-refractivity contribution in [3.05, 3.63) is 42.0 Å². The number of ether oxygens (including phenoxy) is 1. The molecule has 0 saturated heterocycles. The molecule has 0 spiro atoms. The molecule has 0 bridgehead atoms. The number of aryl methyl sites for hydroxylation is 1. The van der Waals surface area contributed by atoms with Gasteiger partial charge in [0.25, 0.3) is 0 Å². The van der Waals surface area contributed by atoms with Crippen molar-refractivity contribution in [3.63, 3.8) is 0 Å². The maximum atomic E-state index is 12.0. The highest BCUT2D eigenvalue weighted by atomic mass is 16.5. The number of fused-ring (bicyclic) bond motifs is 1. The van der Waals surface area contributed by atoms with Crippen LogP contribution in [0.4, 0.5) is 0 Å². The first-order chi connectivity index (χ1) is 10.2. The van der Waals surface area contributed by atoms with Crippen LogP contribution in [0.15, 0.2) is 35.1 Å². The lowest BCUT2D eigenvalue weighted by Crippen LogP contribution is -2.08. The van der Waals surface area contributed by atoms with Crippen molar-refractivity contribution in [3.8, 4) is 5.75 Å². The zero-order chi connectivity index (χ0) is 14.4. The Balaban J connectivity index is 1.56. The summed E-state index contributed by atoms with van der Waals surface area (Å²) in [4.78, 5) is 16.3. The number of rotatable bonds is 3. The lowest BCUT2D eigenvalue weighted by molar-refractivity contribution is 0.0724. The van der Waals surface area contributed by atoms with E-state index in [-0.39, 0.29) is 5.69 Å². The molecule has 3 aromatic rings. The van der Waals surface area contributed by atoms with Crippen LogP contribution < -0.4 is 4.74 Å². The molecular weight excluding hydrogens is 270 g/mol. The van der Waals surface area contributed by atoms with Crippen LogP contribution in [0, 0.1) is 0 Å². The lowest BCUT2D eigenvalue weighted by Gasteiger charge is -2.02. The molecule has 0 aliphatic heterocycles. The Morgan fingerprint density at radius 1 is 1.38 bits per heavy atom. The fraction of sp³-hybridized carbons (Fsp3) is 0.267. The molecule has 6 nitrogen and oxygen atoms in total. The molecule has 0 amide bonds. The molecule has 2 aromatic heterocycles. The van der Waals surface area contributed by atoms with E-state index in [0.29, 0.717) is 11.7 Å². The summed E-state index contributed by atoms with van der Waals surface area (Å²) in [5.74, 6) is 1.12. The molecule has 0 unspecified atom stereocenters. The van der Waals surface area contributed by atoms with E-state index in [2.05, 4.69) is 10.1 Å². The van der Waals surface area contributed by atoms with Crippen molar-refractivity contribution in [2.24, 2.45) is 7.05 Å². The molecule has 0 N–H and O–H groups in total. The second kappa shape index (κ2) is 4.44. The Bertz CT molecular complexity index is 830. The molecular formula is C15H13N3O3. The summed E-state index contributed by atoms with van der Waals surface area (Å²) < 4.78 is 12.4. The van der Waals surface area contributed by atoms with Crippen LogP contribution in [0.2, 0.25) is 0 Å². The smallest absolute Gasteiger partial charge is 0.365 e. The number of esters is 1. The van der Waals surface area contributed by atoms with Gasteiger partial charge in [-0.1, -0.05) is 5.16 Å². The van der Waals surface area contributed by atoms with Gasteiger partial charge in [0, 0.05) is 25.1 Å². The topological polar surface area (TPSA) is 70.2 Å². The second-order valence-electron chi connectivity index (χ2n) is 5.28. The number of hydrogen-bond donors (Lipinski definition) is 0. The predicted molar refractivity (Wildman–Crippen MR) is 74.2 cm³/mol. The van der Waals surface area contributed by atoms with E-state index in [1.807, 2.05) is 17.7 Å². The molecule has 1 saturated carbocycles. The maximum absolute atomic E-state index is 12.0. The van der Waals surface area contributed by atoms with Gasteiger partial charge in [-0.05, 0) is 25.0 Å². The van der Waals surface area contributed by atoms with E-state index in [4.69, 9.17) is 9.26 Å². The number of benzene rings is 1. The van der Waals surface area contributed by atoms with Gasteiger partial charge in [-0.2, -0.15) is 0 Å². The summed E-state index contributed by atoms with van der Waals surface area (Å²) in [6.45, 7) is 0. The largest absolute Gasteiger partial charge is 0.422 e. The normalized spacial score (nSPS) is 14.5. The van der Waals surface area contributed by atoms with E-state index >= 15 is 0 Å². The molecule has 4 rings (SSSR count). The summed E-state index contributed by atoms with van der Waals surface area (Å²) in [6, 6.07) is 7.00. The second-order valence-corrected chi connectivity index (χ2v) is 5.28. The zero-order valence-electron chi connectivity index (χ0n) is 11.4. The van der Waals surface area contributed by atoms with Crippen LogP contribution in [0.25, 0.3) is 11.0 Å². The molecule has 6 heteroatoms. The molecule has 0 atom stereocenters. The van der Waals surface area contributed by atoms with Gasteiger partial charge in [0.1, 0.15) is 11.5 Å². The quantitative estimate of drug-likeness (QED) is 0.546. The monoisotopic (exact) mass is 283 g/mol. The first kappa shape index (κ1) is 12.1. The minimum Gasteiger partial charge on any atom is -0.422 e. The van der Waals surface area contributed by atoms with Gasteiger partial charge in [-0.15, -0.1) is 0 Å². The number of imidazole rings is 1. The average Bonchev–Trinajstić information content (AvgIpc) is 3.10. The van der Waals surface area contributed by atoms with Crippen molar-refractivity contribution in [1.82, 2.24) is 14.7 Å². The van der Waals surface area contributed by atoms with Crippen LogP contribution in [-0.2, 0) is 7.05 Å². The van der Waals surface area contributed by atoms with Gasteiger partial charge in [-0.3, -0.25) is 0 Å². The average molecular weight is 283 g/mol. The molecule has 2 heterocycles. The Labute approximate surface area is 120 Å². The minimum atomic E-state index is -0.513. The van der Waals surface area contributed by atoms with E-state index in [0.717, 1.165) is 29.6 Å². The third-order valence-corrected chi connectivity index (χ3v) is 3.62. The van der Waals surface area contributed by atoms with E-state index in [1.165, 1.54) is 0 Å². The molecule has 21 heavy (non-hydrogen) atoms. The maximum Gasteiger partial charge on any atom is 0.365 e. The Hall–Kier alpha value is -2.63. The third-order valence-electron chi connectivity index (χ3n) is 3.62. The minimum absolute atomic E-state index is 0.206. The van der Waals surface area contributed by atoms with Crippen LogP contribution in [0.1, 0.15) is 35.0 Å². The first-order valence-electron chi connectivity index (χ1n) is 6.80. The van der Waals surface area contributed by atoms with E-state index in [1.54, 1.807) is 24.5 Å². The molecule has 1 aromatic carbocycles. The van der Waals surface area contributed by atoms with Crippen molar-refractivity contribution in [1.29, 1.82) is 0 Å². The van der Waals surface area contributed by atoms with Crippen LogP contribution in [0.3, 0.4) is 0 Å². The summed E-state index contributed by atoms with van der Waals surface area (Å²) in [6.07, 6.45) is 3.91. The van der Waals surface area contributed by atoms with Gasteiger partial charge >= 0.3 is 5.97 Å². The number of nitrogens with zero attached hydrogens (tertiary/aromatic N) is 3. The summed E-state index contributed by atoms with van der Waals surface area (Å²) in [7, 11) is 1.91. The number of carbonyl (C=O) groups excluding carboxylic acids is 1. The van der Waals surface area contributed by atoms with E-state index < -0.39 is 5.97 Å². The number of aromatic nitrogens is 3. The molecule has 1 fully saturated rings. The van der Waals surface area contributed by atoms with Gasteiger partial charge in [0.05, 0.1) is 17.4 Å². The van der Waals surface area contributed by atoms with Gasteiger partial charge in [0.2, 0.25) is 0 Å². The summed E-state index contributed by atoms with van der Waals surface area (Å²) >= 11 is 0. The number of carbonyl (C=O) groups is 1. The van der Waals surface area contributed by atoms with Crippen molar-refractivity contribution >= 4 is 17.0 Å². The fourth-order valence-electron chi connectivity index (χ4n) is 2.28. The Morgan fingerprint density at radius 3 is 3.05 bits per heavy atom. The Kier molecular flexibility index (Phi) is 2.57. The SMILES string of the molecule is Cn1cnc2cc(OC(=O)c3cc(C4CC4)on3)ccc21. The van der Waals surface area contributed by atoms with Crippen molar-refractivity contribution in [2.75, 3.05) is 0 Å². The van der Waals surface area contributed by atoms with Gasteiger partial charge < -0.3 is 13.8 Å². The van der Waals surface area contributed by atoms with Crippen molar-refractivity contribution in [2.45, 2.75) is 18.8 Å². The predicted octanol–water partition coefficient (Wildman–Crippen LogP) is 2.66. The summed E-state index contributed by atoms with van der Waals surface area (Å²) in [5.41, 5.74) is 1.96. The van der Waals surface area contributed by atoms with Crippen LogP contribution >= 0.6 is 0 Å². The summed E-state index contributed by atoms with van der Waals surface area (Å²) in [5, 5.41) is 3.77. The van der Waals surface area contributed by atoms with Crippen LogP contribution in [-0.4, -0.2) is 20.7 Å². The standard InChI is InChI=1S/C15H13N3O3/c1-18-8-16-11-6-10(4-5-13(11)18)20-15(19)12-7-14(21-17-12)9-2-3-9/h4-9H,2-3H2,1H3. The Morgan fingerprint density at radius 2 is 2.24 bits per heavy atom. The van der Waals surface area contributed by atoms with Crippen molar-refractivity contribution < 1.29 is 14.1 Å². The highest BCUT2D eigenvalue weighted by molar-refractivity contribution is 5.89. The molecule has 0 radical (unpaired) electrons. The van der Waals surface area contributed by atoms with E-state index in [9.17, 15) is 4.79 Å². The van der Waals surface area contributed by atoms with Gasteiger partial charge in [-0.25, -0.2) is 9.78 Å². The lowest BCUT2D eigenvalue weighted by atomic mass is 10.3. The number of hydrogen-bond acceptors (Lipinski definition) is 5. The highest BCUT2D eigenvalue weighted by Crippen LogP contribution is 2.40.